The molecule has 1 aliphatic rings. The lowest BCUT2D eigenvalue weighted by molar-refractivity contribution is -0.184. The molecule has 2 atom stereocenters. The van der Waals surface area contributed by atoms with Crippen LogP contribution in [0.2, 0.25) is 5.02 Å². The van der Waals surface area contributed by atoms with Crippen LogP contribution in [0.1, 0.15) is 18.9 Å². The number of carbonyl (C=O) groups excluding carboxylic acids is 1. The summed E-state index contributed by atoms with van der Waals surface area (Å²) in [5.74, 6) is -0.339. The molecular weight excluding hydrogens is 430 g/mol. The van der Waals surface area contributed by atoms with Crippen molar-refractivity contribution in [3.8, 4) is 5.75 Å². The molecule has 32 heavy (non-hydrogen) atoms. The standard InChI is InChI=1S/C24H26ClN3O4/c1-18(29)27-22-4-2-3-5-23(22)30-14-21-15-31-24(32-21,16-28-13-12-26-17-28)11-10-19-6-8-20(25)9-7-19/h2-9,12-13,17,21H,10-11,14-16H2,1H3,(H,27,29)/t21-,24+/m1/s1. The van der Waals surface area contributed by atoms with Crippen molar-refractivity contribution in [2.75, 3.05) is 18.5 Å². The summed E-state index contributed by atoms with van der Waals surface area (Å²) in [6.45, 7) is 2.72. The molecule has 0 bridgehead atoms. The van der Waals surface area contributed by atoms with Crippen molar-refractivity contribution >= 4 is 23.2 Å². The first kappa shape index (κ1) is 22.3. The molecule has 2 heterocycles. The highest BCUT2D eigenvalue weighted by molar-refractivity contribution is 6.30. The van der Waals surface area contributed by atoms with Gasteiger partial charge in [0, 0.05) is 30.8 Å². The van der Waals surface area contributed by atoms with E-state index in [9.17, 15) is 4.79 Å². The first-order valence-electron chi connectivity index (χ1n) is 10.5. The normalized spacial score (nSPS) is 20.2. The van der Waals surface area contributed by atoms with Crippen LogP contribution in [-0.4, -0.2) is 40.6 Å². The minimum Gasteiger partial charge on any atom is -0.489 e. The van der Waals surface area contributed by atoms with E-state index in [0.29, 0.717) is 42.6 Å². The van der Waals surface area contributed by atoms with Gasteiger partial charge in [0.05, 0.1) is 25.2 Å². The number of aromatic nitrogens is 2. The number of carbonyl (C=O) groups is 1. The van der Waals surface area contributed by atoms with Gasteiger partial charge in [-0.1, -0.05) is 35.9 Å². The number of imidazole rings is 1. The quantitative estimate of drug-likeness (QED) is 0.520. The van der Waals surface area contributed by atoms with Gasteiger partial charge >= 0.3 is 0 Å². The van der Waals surface area contributed by atoms with Gasteiger partial charge < -0.3 is 24.1 Å². The third-order valence-corrected chi connectivity index (χ3v) is 5.48. The monoisotopic (exact) mass is 455 g/mol. The van der Waals surface area contributed by atoms with E-state index < -0.39 is 5.79 Å². The molecular formula is C24H26ClN3O4. The number of ether oxygens (including phenoxy) is 3. The van der Waals surface area contributed by atoms with Crippen molar-refractivity contribution in [1.29, 1.82) is 0 Å². The first-order chi connectivity index (χ1) is 15.5. The van der Waals surface area contributed by atoms with Gasteiger partial charge in [-0.25, -0.2) is 4.98 Å². The molecule has 0 unspecified atom stereocenters. The number of halogens is 1. The Bertz CT molecular complexity index is 1030. The topological polar surface area (TPSA) is 74.6 Å². The van der Waals surface area contributed by atoms with E-state index in [-0.39, 0.29) is 12.0 Å². The van der Waals surface area contributed by atoms with Gasteiger partial charge in [0.2, 0.25) is 5.91 Å². The van der Waals surface area contributed by atoms with Gasteiger partial charge in [0.15, 0.2) is 5.79 Å². The largest absolute Gasteiger partial charge is 0.489 e. The molecule has 1 amide bonds. The SMILES string of the molecule is CC(=O)Nc1ccccc1OC[C@@H]1CO[C@](CCc2ccc(Cl)cc2)(Cn2ccnc2)O1. The maximum Gasteiger partial charge on any atom is 0.221 e. The summed E-state index contributed by atoms with van der Waals surface area (Å²) in [5, 5.41) is 3.50. The molecule has 1 aromatic heterocycles. The second-order valence-electron chi connectivity index (χ2n) is 7.81. The number of amides is 1. The minimum absolute atomic E-state index is 0.150. The molecule has 1 aliphatic heterocycles. The Labute approximate surface area is 192 Å². The number of aryl methyl sites for hydroxylation is 1. The Balaban J connectivity index is 1.41. The number of nitrogens with one attached hydrogen (secondary N) is 1. The third kappa shape index (κ3) is 5.88. The van der Waals surface area contributed by atoms with Crippen LogP contribution in [0.4, 0.5) is 5.69 Å². The van der Waals surface area contributed by atoms with Gasteiger partial charge in [-0.15, -0.1) is 0 Å². The molecule has 1 N–H and O–H groups in total. The van der Waals surface area contributed by atoms with Gasteiger partial charge in [0.1, 0.15) is 18.5 Å². The zero-order chi connectivity index (χ0) is 22.4. The van der Waals surface area contributed by atoms with Crippen LogP contribution < -0.4 is 10.1 Å². The molecule has 7 nitrogen and oxygen atoms in total. The highest BCUT2D eigenvalue weighted by Gasteiger charge is 2.42. The fourth-order valence-electron chi connectivity index (χ4n) is 3.70. The molecule has 2 aromatic carbocycles. The maximum absolute atomic E-state index is 11.4. The van der Waals surface area contributed by atoms with Crippen LogP contribution in [0, 0.1) is 0 Å². The first-order valence-corrected chi connectivity index (χ1v) is 10.9. The van der Waals surface area contributed by atoms with Crippen molar-refractivity contribution in [1.82, 2.24) is 9.55 Å². The van der Waals surface area contributed by atoms with Crippen molar-refractivity contribution in [3.63, 3.8) is 0 Å². The highest BCUT2D eigenvalue weighted by Crippen LogP contribution is 2.32. The van der Waals surface area contributed by atoms with E-state index in [4.69, 9.17) is 25.8 Å². The molecule has 1 saturated heterocycles. The zero-order valence-electron chi connectivity index (χ0n) is 17.9. The van der Waals surface area contributed by atoms with Crippen LogP contribution in [0.15, 0.2) is 67.3 Å². The zero-order valence-corrected chi connectivity index (χ0v) is 18.6. The molecule has 0 spiro atoms. The predicted octanol–water partition coefficient (Wildman–Crippen LogP) is 4.32. The Kier molecular flexibility index (Phi) is 7.09. The molecule has 0 saturated carbocycles. The summed E-state index contributed by atoms with van der Waals surface area (Å²) in [4.78, 5) is 15.6. The van der Waals surface area contributed by atoms with Crippen molar-refractivity contribution in [3.05, 3.63) is 77.8 Å². The van der Waals surface area contributed by atoms with Crippen LogP contribution in [0.5, 0.6) is 5.75 Å². The number of para-hydroxylation sites is 2. The lowest BCUT2D eigenvalue weighted by Gasteiger charge is -2.28. The predicted molar refractivity (Wildman–Crippen MR) is 122 cm³/mol. The number of nitrogens with zero attached hydrogens (tertiary/aromatic N) is 2. The summed E-state index contributed by atoms with van der Waals surface area (Å²) in [6.07, 6.45) is 6.60. The number of hydrogen-bond donors (Lipinski definition) is 1. The van der Waals surface area contributed by atoms with Gasteiger partial charge in [-0.3, -0.25) is 4.79 Å². The lowest BCUT2D eigenvalue weighted by Crippen LogP contribution is -2.37. The molecule has 168 valence electrons. The van der Waals surface area contributed by atoms with Gasteiger partial charge in [-0.2, -0.15) is 0 Å². The molecule has 4 rings (SSSR count). The summed E-state index contributed by atoms with van der Waals surface area (Å²) in [5.41, 5.74) is 1.79. The fraction of sp³-hybridized carbons (Fsp3) is 0.333. The molecule has 0 radical (unpaired) electrons. The average Bonchev–Trinajstić information content (AvgIpc) is 3.43. The van der Waals surface area contributed by atoms with Crippen LogP contribution >= 0.6 is 11.6 Å². The van der Waals surface area contributed by atoms with Crippen molar-refractivity contribution in [2.45, 2.75) is 38.2 Å². The van der Waals surface area contributed by atoms with E-state index >= 15 is 0 Å². The highest BCUT2D eigenvalue weighted by atomic mass is 35.5. The van der Waals surface area contributed by atoms with E-state index in [0.717, 1.165) is 12.0 Å². The Morgan fingerprint density at radius 2 is 2.09 bits per heavy atom. The van der Waals surface area contributed by atoms with Gasteiger partial charge in [-0.05, 0) is 36.2 Å². The van der Waals surface area contributed by atoms with E-state index in [1.807, 2.05) is 53.2 Å². The Hall–Kier alpha value is -2.87. The lowest BCUT2D eigenvalue weighted by atomic mass is 10.0. The van der Waals surface area contributed by atoms with Crippen molar-refractivity contribution < 1.29 is 19.0 Å². The number of anilines is 1. The summed E-state index contributed by atoms with van der Waals surface area (Å²) < 4.78 is 20.5. The molecule has 1 fully saturated rings. The summed E-state index contributed by atoms with van der Waals surface area (Å²) in [7, 11) is 0. The summed E-state index contributed by atoms with van der Waals surface area (Å²) >= 11 is 6.01. The van der Waals surface area contributed by atoms with Crippen LogP contribution in [0.3, 0.4) is 0 Å². The second-order valence-corrected chi connectivity index (χ2v) is 8.25. The Morgan fingerprint density at radius 1 is 1.28 bits per heavy atom. The van der Waals surface area contributed by atoms with E-state index in [1.165, 1.54) is 6.92 Å². The summed E-state index contributed by atoms with van der Waals surface area (Å²) in [6, 6.07) is 15.1. The fourth-order valence-corrected chi connectivity index (χ4v) is 3.83. The number of rotatable bonds is 9. The van der Waals surface area contributed by atoms with Crippen LogP contribution in [0.25, 0.3) is 0 Å². The number of hydrogen-bond acceptors (Lipinski definition) is 5. The molecule has 0 aliphatic carbocycles. The van der Waals surface area contributed by atoms with E-state index in [2.05, 4.69) is 10.3 Å². The Morgan fingerprint density at radius 3 is 2.84 bits per heavy atom. The third-order valence-electron chi connectivity index (χ3n) is 5.23. The minimum atomic E-state index is -0.786. The smallest absolute Gasteiger partial charge is 0.221 e. The second kappa shape index (κ2) is 10.2. The molecule has 8 heteroatoms. The molecule has 3 aromatic rings. The van der Waals surface area contributed by atoms with E-state index in [1.54, 1.807) is 18.6 Å². The van der Waals surface area contributed by atoms with Crippen molar-refractivity contribution in [2.24, 2.45) is 0 Å². The number of benzene rings is 2. The van der Waals surface area contributed by atoms with Gasteiger partial charge in [0.25, 0.3) is 0 Å². The maximum atomic E-state index is 11.4. The van der Waals surface area contributed by atoms with Crippen LogP contribution in [-0.2, 0) is 27.2 Å². The average molecular weight is 456 g/mol.